The lowest BCUT2D eigenvalue weighted by Crippen LogP contribution is -2.17. The third kappa shape index (κ3) is 7.22. The first kappa shape index (κ1) is 19.4. The maximum atomic E-state index is 12.5. The van der Waals surface area contributed by atoms with Gasteiger partial charge in [-0.2, -0.15) is 0 Å². The lowest BCUT2D eigenvalue weighted by molar-refractivity contribution is -0.275. The summed E-state index contributed by atoms with van der Waals surface area (Å²) in [5.74, 6) is 0.384. The van der Waals surface area contributed by atoms with E-state index in [1.807, 2.05) is 18.2 Å². The third-order valence-electron chi connectivity index (χ3n) is 3.54. The molecule has 25 heavy (non-hydrogen) atoms. The van der Waals surface area contributed by atoms with Crippen molar-refractivity contribution >= 4 is 18.0 Å². The van der Waals surface area contributed by atoms with Crippen molar-refractivity contribution in [2.24, 2.45) is 0 Å². The SMILES string of the molecule is O=Cc1ccc(SCCCCCc2ccccc2)c(OC(F)(F)F)c1. The Hall–Kier alpha value is -1.95. The van der Waals surface area contributed by atoms with E-state index in [-0.39, 0.29) is 11.3 Å². The van der Waals surface area contributed by atoms with Crippen molar-refractivity contribution in [3.05, 3.63) is 59.7 Å². The smallest absolute Gasteiger partial charge is 0.405 e. The molecular weight excluding hydrogens is 349 g/mol. The molecule has 0 saturated carbocycles. The van der Waals surface area contributed by atoms with E-state index in [1.165, 1.54) is 29.5 Å². The molecule has 2 aromatic carbocycles. The molecule has 2 aromatic rings. The lowest BCUT2D eigenvalue weighted by Gasteiger charge is -2.13. The summed E-state index contributed by atoms with van der Waals surface area (Å²) in [4.78, 5) is 11.1. The predicted molar refractivity (Wildman–Crippen MR) is 93.2 cm³/mol. The Morgan fingerprint density at radius 3 is 2.44 bits per heavy atom. The summed E-state index contributed by atoms with van der Waals surface area (Å²) < 4.78 is 41.5. The first-order chi connectivity index (χ1) is 12.0. The normalized spacial score (nSPS) is 11.3. The molecule has 2 nitrogen and oxygen atoms in total. The zero-order chi connectivity index (χ0) is 18.1. The van der Waals surface area contributed by atoms with Gasteiger partial charge in [0.25, 0.3) is 0 Å². The summed E-state index contributed by atoms with van der Waals surface area (Å²) in [6.45, 7) is 0. The van der Waals surface area contributed by atoms with E-state index in [0.717, 1.165) is 31.7 Å². The second-order valence-electron chi connectivity index (χ2n) is 5.52. The van der Waals surface area contributed by atoms with Crippen LogP contribution in [0, 0.1) is 0 Å². The topological polar surface area (TPSA) is 26.3 Å². The monoisotopic (exact) mass is 368 g/mol. The van der Waals surface area contributed by atoms with Gasteiger partial charge in [0.05, 0.1) is 0 Å². The Bertz CT molecular complexity index is 672. The van der Waals surface area contributed by atoms with Crippen LogP contribution < -0.4 is 4.74 Å². The van der Waals surface area contributed by atoms with E-state index >= 15 is 0 Å². The summed E-state index contributed by atoms with van der Waals surface area (Å²) in [6, 6.07) is 14.3. The molecule has 0 aliphatic heterocycles. The highest BCUT2D eigenvalue weighted by atomic mass is 32.2. The number of alkyl halides is 3. The average molecular weight is 368 g/mol. The van der Waals surface area contributed by atoms with Gasteiger partial charge in [-0.15, -0.1) is 24.9 Å². The maximum Gasteiger partial charge on any atom is 0.573 e. The highest BCUT2D eigenvalue weighted by molar-refractivity contribution is 7.99. The van der Waals surface area contributed by atoms with Crippen LogP contribution in [0.15, 0.2) is 53.4 Å². The molecule has 0 heterocycles. The number of ether oxygens (including phenoxy) is 1. The zero-order valence-corrected chi connectivity index (χ0v) is 14.4. The molecule has 0 amide bonds. The Labute approximate surface area is 149 Å². The molecule has 6 heteroatoms. The Balaban J connectivity index is 1.80. The van der Waals surface area contributed by atoms with Crippen molar-refractivity contribution in [1.29, 1.82) is 0 Å². The number of thioether (sulfide) groups is 1. The van der Waals surface area contributed by atoms with Crippen LogP contribution in [0.25, 0.3) is 0 Å². The average Bonchev–Trinajstić information content (AvgIpc) is 2.58. The van der Waals surface area contributed by atoms with Crippen LogP contribution in [0.3, 0.4) is 0 Å². The molecule has 0 atom stereocenters. The molecule has 0 N–H and O–H groups in total. The molecular formula is C19H19F3O2S. The predicted octanol–water partition coefficient (Wildman–Crippen LogP) is 5.90. The number of aldehydes is 1. The number of hydrogen-bond acceptors (Lipinski definition) is 3. The number of carbonyl (C=O) groups is 1. The molecule has 0 bridgehead atoms. The van der Waals surface area contributed by atoms with Crippen molar-refractivity contribution in [3.8, 4) is 5.75 Å². The fraction of sp³-hybridized carbons (Fsp3) is 0.316. The minimum Gasteiger partial charge on any atom is -0.405 e. The van der Waals surface area contributed by atoms with Crippen molar-refractivity contribution < 1.29 is 22.7 Å². The van der Waals surface area contributed by atoms with Gasteiger partial charge in [-0.25, -0.2) is 0 Å². The Morgan fingerprint density at radius 1 is 1.00 bits per heavy atom. The van der Waals surface area contributed by atoms with Gasteiger partial charge < -0.3 is 4.74 Å². The number of hydrogen-bond donors (Lipinski definition) is 0. The van der Waals surface area contributed by atoms with Crippen LogP contribution in [0.4, 0.5) is 13.2 Å². The van der Waals surface area contributed by atoms with Gasteiger partial charge >= 0.3 is 6.36 Å². The van der Waals surface area contributed by atoms with Gasteiger partial charge in [0.15, 0.2) is 0 Å². The van der Waals surface area contributed by atoms with Gasteiger partial charge in [-0.1, -0.05) is 42.8 Å². The molecule has 2 rings (SSSR count). The van der Waals surface area contributed by atoms with Gasteiger partial charge in [0.2, 0.25) is 0 Å². The summed E-state index contributed by atoms with van der Waals surface area (Å²) in [7, 11) is 0. The first-order valence-electron chi connectivity index (χ1n) is 7.99. The van der Waals surface area contributed by atoms with Crippen LogP contribution in [0.1, 0.15) is 35.2 Å². The molecule has 0 saturated heterocycles. The van der Waals surface area contributed by atoms with E-state index in [4.69, 9.17) is 0 Å². The molecule has 0 aromatic heterocycles. The summed E-state index contributed by atoms with van der Waals surface area (Å²) in [6.07, 6.45) is -0.321. The Morgan fingerprint density at radius 2 is 1.76 bits per heavy atom. The van der Waals surface area contributed by atoms with Crippen LogP contribution in [-0.4, -0.2) is 18.4 Å². The molecule has 0 spiro atoms. The lowest BCUT2D eigenvalue weighted by atomic mass is 10.1. The van der Waals surface area contributed by atoms with Gasteiger partial charge in [-0.3, -0.25) is 4.79 Å². The minimum atomic E-state index is -4.77. The zero-order valence-electron chi connectivity index (χ0n) is 13.6. The van der Waals surface area contributed by atoms with E-state index in [9.17, 15) is 18.0 Å². The number of benzene rings is 2. The standard InChI is InChI=1S/C19H19F3O2S/c20-19(21,22)24-17-13-16(14-23)10-11-18(17)25-12-6-2-5-9-15-7-3-1-4-8-15/h1,3-4,7-8,10-11,13-14H,2,5-6,9,12H2. The highest BCUT2D eigenvalue weighted by Crippen LogP contribution is 2.34. The maximum absolute atomic E-state index is 12.5. The quantitative estimate of drug-likeness (QED) is 0.313. The number of aryl methyl sites for hydroxylation is 1. The summed E-state index contributed by atoms with van der Waals surface area (Å²) in [5.41, 5.74) is 1.45. The van der Waals surface area contributed by atoms with Crippen molar-refractivity contribution in [3.63, 3.8) is 0 Å². The first-order valence-corrected chi connectivity index (χ1v) is 8.98. The van der Waals surface area contributed by atoms with E-state index < -0.39 is 6.36 Å². The summed E-state index contributed by atoms with van der Waals surface area (Å²) >= 11 is 1.31. The fourth-order valence-electron chi connectivity index (χ4n) is 2.36. The van der Waals surface area contributed by atoms with E-state index in [2.05, 4.69) is 16.9 Å². The summed E-state index contributed by atoms with van der Waals surface area (Å²) in [5, 5.41) is 0. The fourth-order valence-corrected chi connectivity index (χ4v) is 3.33. The molecule has 0 fully saturated rings. The number of carbonyl (C=O) groups excluding carboxylic acids is 1. The molecule has 134 valence electrons. The van der Waals surface area contributed by atoms with Crippen molar-refractivity contribution in [1.82, 2.24) is 0 Å². The number of unbranched alkanes of at least 4 members (excludes halogenated alkanes) is 2. The van der Waals surface area contributed by atoms with Crippen molar-refractivity contribution in [2.75, 3.05) is 5.75 Å². The second-order valence-corrected chi connectivity index (χ2v) is 6.65. The Kier molecular flexibility index (Phi) is 7.37. The van der Waals surface area contributed by atoms with Crippen LogP contribution >= 0.6 is 11.8 Å². The molecule has 0 aliphatic rings. The van der Waals surface area contributed by atoms with Crippen LogP contribution in [0.2, 0.25) is 0 Å². The van der Waals surface area contributed by atoms with Crippen LogP contribution in [0.5, 0.6) is 5.75 Å². The highest BCUT2D eigenvalue weighted by Gasteiger charge is 2.32. The third-order valence-corrected chi connectivity index (χ3v) is 4.68. The number of rotatable bonds is 9. The second kappa shape index (κ2) is 9.51. The molecule has 0 radical (unpaired) electrons. The van der Waals surface area contributed by atoms with Crippen LogP contribution in [-0.2, 0) is 6.42 Å². The van der Waals surface area contributed by atoms with Gasteiger partial charge in [-0.05, 0) is 42.7 Å². The van der Waals surface area contributed by atoms with Crippen molar-refractivity contribution in [2.45, 2.75) is 36.9 Å². The molecule has 0 aliphatic carbocycles. The van der Waals surface area contributed by atoms with E-state index in [0.29, 0.717) is 16.9 Å². The largest absolute Gasteiger partial charge is 0.573 e. The molecule has 0 unspecified atom stereocenters. The minimum absolute atomic E-state index is 0.159. The van der Waals surface area contributed by atoms with Gasteiger partial charge in [0.1, 0.15) is 12.0 Å². The van der Waals surface area contributed by atoms with E-state index in [1.54, 1.807) is 0 Å². The number of halogens is 3. The van der Waals surface area contributed by atoms with Gasteiger partial charge in [0, 0.05) is 10.5 Å².